The molecule has 9 nitrogen and oxygen atoms in total. The number of carbonyl (C=O) groups excluding carboxylic acids is 3. The van der Waals surface area contributed by atoms with Crippen LogP contribution in [0.25, 0.3) is 0 Å². The summed E-state index contributed by atoms with van der Waals surface area (Å²) in [5, 5.41) is 3.97. The zero-order chi connectivity index (χ0) is 22.6. The third-order valence-electron chi connectivity index (χ3n) is 7.34. The second-order valence-corrected chi connectivity index (χ2v) is 8.68. The summed E-state index contributed by atoms with van der Waals surface area (Å²) >= 11 is 0. The molecule has 1 saturated heterocycles. The number of fused-ring (bicyclic) bond motifs is 8. The van der Waals surface area contributed by atoms with E-state index in [0.717, 1.165) is 5.56 Å². The molecule has 32 heavy (non-hydrogen) atoms. The van der Waals surface area contributed by atoms with Crippen LogP contribution >= 0.6 is 0 Å². The average molecular weight is 442 g/mol. The van der Waals surface area contributed by atoms with Crippen LogP contribution in [-0.4, -0.2) is 61.9 Å². The van der Waals surface area contributed by atoms with E-state index in [9.17, 15) is 14.4 Å². The second kappa shape index (κ2) is 7.79. The lowest BCUT2D eigenvalue weighted by Crippen LogP contribution is -2.42. The Kier molecular flexibility index (Phi) is 5.06. The monoisotopic (exact) mass is 442 g/mol. The Balaban J connectivity index is 1.31. The molecule has 0 N–H and O–H groups in total. The van der Waals surface area contributed by atoms with Crippen LogP contribution in [0.2, 0.25) is 0 Å². The van der Waals surface area contributed by atoms with Gasteiger partial charge in [-0.3, -0.25) is 14.5 Å². The van der Waals surface area contributed by atoms with Crippen molar-refractivity contribution >= 4 is 23.5 Å². The van der Waals surface area contributed by atoms with Crippen LogP contribution in [0.15, 0.2) is 23.4 Å². The largest absolute Gasteiger partial charge is 0.493 e. The first-order valence-corrected chi connectivity index (χ1v) is 11.0. The Morgan fingerprint density at radius 3 is 2.50 bits per heavy atom. The molecular formula is C23H26N2O7. The molecule has 9 heteroatoms. The predicted octanol–water partition coefficient (Wildman–Crippen LogP) is 1.43. The summed E-state index contributed by atoms with van der Waals surface area (Å²) in [6, 6.07) is 5.57. The number of ether oxygens (including phenoxy) is 3. The number of likely N-dealkylation sites (tertiary alicyclic amines) is 1. The summed E-state index contributed by atoms with van der Waals surface area (Å²) in [4.78, 5) is 45.8. The van der Waals surface area contributed by atoms with Crippen LogP contribution in [0, 0.1) is 29.6 Å². The van der Waals surface area contributed by atoms with Gasteiger partial charge in [-0.2, -0.15) is 0 Å². The number of hydrogen-bond acceptors (Lipinski definition) is 8. The molecule has 0 spiro atoms. The van der Waals surface area contributed by atoms with Gasteiger partial charge in [0.2, 0.25) is 11.8 Å². The van der Waals surface area contributed by atoms with Gasteiger partial charge in [0.1, 0.15) is 6.10 Å². The predicted molar refractivity (Wildman–Crippen MR) is 111 cm³/mol. The van der Waals surface area contributed by atoms with E-state index in [1.165, 1.54) is 4.90 Å². The third-order valence-corrected chi connectivity index (χ3v) is 7.34. The summed E-state index contributed by atoms with van der Waals surface area (Å²) in [7, 11) is 3.14. The SMILES string of the molecule is CCOC(=O)C1=NO[C@@H]2[C@@H]3C[C@@H]([C@@H]12)[C@H]1C(=O)N(CCc2ccc(OC)c(OC)c2)C(=O)[C@H]31. The lowest BCUT2D eigenvalue weighted by Gasteiger charge is -2.29. The van der Waals surface area contributed by atoms with Crippen LogP contribution in [0.4, 0.5) is 0 Å². The molecule has 2 saturated carbocycles. The minimum Gasteiger partial charge on any atom is -0.493 e. The van der Waals surface area contributed by atoms with Gasteiger partial charge in [0.25, 0.3) is 0 Å². The molecule has 0 unspecified atom stereocenters. The van der Waals surface area contributed by atoms with Crippen LogP contribution in [0.3, 0.4) is 0 Å². The van der Waals surface area contributed by atoms with E-state index in [-0.39, 0.29) is 48.0 Å². The summed E-state index contributed by atoms with van der Waals surface area (Å²) in [5.74, 6) is -0.862. The quantitative estimate of drug-likeness (QED) is 0.465. The maximum Gasteiger partial charge on any atom is 0.356 e. The number of nitrogens with zero attached hydrogens (tertiary/aromatic N) is 2. The van der Waals surface area contributed by atoms with Crippen molar-refractivity contribution in [3.05, 3.63) is 23.8 Å². The minimum absolute atomic E-state index is 0.104. The Morgan fingerprint density at radius 1 is 1.09 bits per heavy atom. The topological polar surface area (TPSA) is 104 Å². The van der Waals surface area contributed by atoms with Gasteiger partial charge in [-0.25, -0.2) is 4.79 Å². The van der Waals surface area contributed by atoms with Crippen molar-refractivity contribution in [2.75, 3.05) is 27.4 Å². The summed E-state index contributed by atoms with van der Waals surface area (Å²) in [6.07, 6.45) is 0.887. The van der Waals surface area contributed by atoms with E-state index in [1.807, 2.05) is 18.2 Å². The molecule has 2 aliphatic carbocycles. The Labute approximate surface area is 185 Å². The highest BCUT2D eigenvalue weighted by molar-refractivity contribution is 6.38. The van der Waals surface area contributed by atoms with Crippen LogP contribution in [-0.2, 0) is 30.4 Å². The van der Waals surface area contributed by atoms with Gasteiger partial charge in [-0.05, 0) is 43.4 Å². The van der Waals surface area contributed by atoms with E-state index in [0.29, 0.717) is 30.9 Å². The maximum atomic E-state index is 13.3. The highest BCUT2D eigenvalue weighted by Crippen LogP contribution is 2.61. The van der Waals surface area contributed by atoms with E-state index >= 15 is 0 Å². The van der Waals surface area contributed by atoms with Crippen molar-refractivity contribution in [1.29, 1.82) is 0 Å². The van der Waals surface area contributed by atoms with Gasteiger partial charge in [-0.15, -0.1) is 0 Å². The molecule has 1 aromatic rings. The number of methoxy groups -OCH3 is 2. The molecule has 3 fully saturated rings. The molecule has 0 aromatic heterocycles. The molecule has 4 aliphatic rings. The maximum absolute atomic E-state index is 13.3. The van der Waals surface area contributed by atoms with E-state index in [2.05, 4.69) is 5.16 Å². The second-order valence-electron chi connectivity index (χ2n) is 8.68. The van der Waals surface area contributed by atoms with Gasteiger partial charge >= 0.3 is 5.97 Å². The van der Waals surface area contributed by atoms with Gasteiger partial charge in [0, 0.05) is 12.5 Å². The van der Waals surface area contributed by atoms with Crippen molar-refractivity contribution in [3.63, 3.8) is 0 Å². The van der Waals surface area contributed by atoms with E-state index < -0.39 is 17.8 Å². The minimum atomic E-state index is -0.494. The van der Waals surface area contributed by atoms with Gasteiger partial charge < -0.3 is 19.0 Å². The van der Waals surface area contributed by atoms with Gasteiger partial charge in [0.15, 0.2) is 17.2 Å². The molecule has 2 heterocycles. The lowest BCUT2D eigenvalue weighted by molar-refractivity contribution is -0.141. The average Bonchev–Trinajstić information content (AvgIpc) is 3.53. The van der Waals surface area contributed by atoms with Crippen molar-refractivity contribution in [3.8, 4) is 11.5 Å². The smallest absolute Gasteiger partial charge is 0.356 e. The molecule has 170 valence electrons. The number of amides is 2. The van der Waals surface area contributed by atoms with Gasteiger partial charge in [-0.1, -0.05) is 11.2 Å². The molecule has 2 aliphatic heterocycles. The Bertz CT molecular complexity index is 1010. The lowest BCUT2D eigenvalue weighted by atomic mass is 9.72. The first kappa shape index (κ1) is 20.8. The van der Waals surface area contributed by atoms with Crippen LogP contribution in [0.1, 0.15) is 18.9 Å². The summed E-state index contributed by atoms with van der Waals surface area (Å²) in [6.45, 7) is 2.28. The molecule has 6 atom stereocenters. The van der Waals surface area contributed by atoms with Crippen molar-refractivity contribution in [2.24, 2.45) is 34.7 Å². The normalized spacial score (nSPS) is 31.8. The summed E-state index contributed by atoms with van der Waals surface area (Å²) in [5.41, 5.74) is 1.20. The fraction of sp³-hybridized carbons (Fsp3) is 0.565. The zero-order valence-corrected chi connectivity index (χ0v) is 18.3. The van der Waals surface area contributed by atoms with Crippen molar-refractivity contribution in [2.45, 2.75) is 25.9 Å². The summed E-state index contributed by atoms with van der Waals surface area (Å²) < 4.78 is 15.7. The van der Waals surface area contributed by atoms with E-state index in [1.54, 1.807) is 21.1 Å². The number of benzene rings is 1. The van der Waals surface area contributed by atoms with Crippen LogP contribution in [0.5, 0.6) is 11.5 Å². The Morgan fingerprint density at radius 2 is 1.81 bits per heavy atom. The fourth-order valence-electron chi connectivity index (χ4n) is 6.06. The molecule has 0 radical (unpaired) electrons. The first-order valence-electron chi connectivity index (χ1n) is 11.0. The molecule has 2 amide bonds. The number of esters is 1. The molecular weight excluding hydrogens is 416 g/mol. The van der Waals surface area contributed by atoms with Crippen molar-refractivity contribution in [1.82, 2.24) is 4.90 Å². The first-order chi connectivity index (χ1) is 15.5. The molecule has 5 rings (SSSR count). The number of oxime groups is 1. The standard InChI is InChI=1S/C23H26N2O7/c1-4-31-23(28)19-18-12-10-13(20(18)32-24-19)17-16(12)21(26)25(22(17)27)8-7-11-5-6-14(29-2)15(9-11)30-3/h5-6,9,12-13,16-18,20H,4,7-8,10H2,1-3H3/t12-,13-,16-,17-,18+,20-/m1/s1. The van der Waals surface area contributed by atoms with Gasteiger partial charge in [0.05, 0.1) is 38.6 Å². The van der Waals surface area contributed by atoms with Crippen molar-refractivity contribution < 1.29 is 33.4 Å². The Hall–Kier alpha value is -3.10. The third kappa shape index (κ3) is 2.90. The van der Waals surface area contributed by atoms with E-state index in [4.69, 9.17) is 19.0 Å². The number of imide groups is 1. The number of hydrogen-bond donors (Lipinski definition) is 0. The number of rotatable bonds is 7. The zero-order valence-electron chi connectivity index (χ0n) is 18.3. The number of carbonyl (C=O) groups is 3. The highest BCUT2D eigenvalue weighted by atomic mass is 16.6. The fourth-order valence-corrected chi connectivity index (χ4v) is 6.06. The highest BCUT2D eigenvalue weighted by Gasteiger charge is 2.70. The van der Waals surface area contributed by atoms with Crippen LogP contribution < -0.4 is 9.47 Å². The molecule has 2 bridgehead atoms. The molecule has 1 aromatic carbocycles.